The molecule has 1 rings (SSSR count). The quantitative estimate of drug-likeness (QED) is 0.721. The molecular weight excluding hydrogens is 204 g/mol. The van der Waals surface area contributed by atoms with E-state index >= 15 is 0 Å². The molecule has 2 atom stereocenters. The first-order valence-electron chi connectivity index (χ1n) is 5.55. The third kappa shape index (κ3) is 2.61. The van der Waals surface area contributed by atoms with Crippen molar-refractivity contribution in [2.45, 2.75) is 40.2 Å². The summed E-state index contributed by atoms with van der Waals surface area (Å²) in [6.45, 7) is 7.80. The zero-order chi connectivity index (χ0) is 12.3. The van der Waals surface area contributed by atoms with E-state index < -0.39 is 6.04 Å². The van der Waals surface area contributed by atoms with Gasteiger partial charge in [-0.1, -0.05) is 20.3 Å². The number of aromatic nitrogens is 2. The van der Waals surface area contributed by atoms with Gasteiger partial charge in [-0.05, 0) is 19.8 Å². The van der Waals surface area contributed by atoms with Crippen LogP contribution in [0.5, 0.6) is 0 Å². The fourth-order valence-corrected chi connectivity index (χ4v) is 1.32. The van der Waals surface area contributed by atoms with Crippen LogP contribution in [0.25, 0.3) is 0 Å². The molecule has 90 valence electrons. The molecule has 5 heteroatoms. The monoisotopic (exact) mass is 224 g/mol. The van der Waals surface area contributed by atoms with Gasteiger partial charge in [-0.2, -0.15) is 5.10 Å². The van der Waals surface area contributed by atoms with Crippen LogP contribution in [0.15, 0.2) is 0 Å². The summed E-state index contributed by atoms with van der Waals surface area (Å²) in [4.78, 5) is 11.8. The number of H-pyrrole nitrogens is 1. The molecule has 0 saturated carbocycles. The molecule has 0 bridgehead atoms. The molecule has 5 nitrogen and oxygen atoms in total. The second kappa shape index (κ2) is 5.12. The average Bonchev–Trinajstić information content (AvgIpc) is 2.58. The molecule has 1 aromatic rings. The Bertz CT molecular complexity index is 372. The number of amides is 1. The normalized spacial score (nSPS) is 14.6. The summed E-state index contributed by atoms with van der Waals surface area (Å²) in [6.07, 6.45) is 0.882. The lowest BCUT2D eigenvalue weighted by Gasteiger charge is -2.17. The van der Waals surface area contributed by atoms with Gasteiger partial charge in [0.05, 0.1) is 6.04 Å². The highest BCUT2D eigenvalue weighted by molar-refractivity contribution is 5.94. The van der Waals surface area contributed by atoms with E-state index in [0.717, 1.165) is 17.7 Å². The molecule has 1 heterocycles. The third-order valence-corrected chi connectivity index (χ3v) is 3.05. The van der Waals surface area contributed by atoms with Gasteiger partial charge in [0.1, 0.15) is 0 Å². The van der Waals surface area contributed by atoms with Crippen LogP contribution in [-0.2, 0) is 4.79 Å². The molecule has 0 aliphatic heterocycles. The third-order valence-electron chi connectivity index (χ3n) is 3.05. The van der Waals surface area contributed by atoms with Crippen LogP contribution in [0.4, 0.5) is 5.82 Å². The molecule has 0 aromatic carbocycles. The molecule has 0 unspecified atom stereocenters. The van der Waals surface area contributed by atoms with Gasteiger partial charge < -0.3 is 11.1 Å². The van der Waals surface area contributed by atoms with Crippen molar-refractivity contribution in [2.24, 2.45) is 11.7 Å². The molecule has 16 heavy (non-hydrogen) atoms. The van der Waals surface area contributed by atoms with Crippen molar-refractivity contribution in [1.82, 2.24) is 10.2 Å². The lowest BCUT2D eigenvalue weighted by molar-refractivity contribution is -0.118. The minimum atomic E-state index is -0.485. The number of hydrogen-bond donors (Lipinski definition) is 3. The number of rotatable bonds is 4. The molecule has 0 saturated heterocycles. The predicted molar refractivity (Wildman–Crippen MR) is 64.1 cm³/mol. The number of hydrogen-bond acceptors (Lipinski definition) is 3. The second-order valence-electron chi connectivity index (χ2n) is 4.22. The Morgan fingerprint density at radius 1 is 1.56 bits per heavy atom. The molecule has 0 radical (unpaired) electrons. The summed E-state index contributed by atoms with van der Waals surface area (Å²) in [6, 6.07) is -0.485. The lowest BCUT2D eigenvalue weighted by Crippen LogP contribution is -2.40. The Hall–Kier alpha value is -1.36. The van der Waals surface area contributed by atoms with E-state index in [4.69, 9.17) is 5.73 Å². The summed E-state index contributed by atoms with van der Waals surface area (Å²) in [5.74, 6) is 0.561. The summed E-state index contributed by atoms with van der Waals surface area (Å²) < 4.78 is 0. The molecule has 0 fully saturated rings. The van der Waals surface area contributed by atoms with Crippen LogP contribution >= 0.6 is 0 Å². The first kappa shape index (κ1) is 12.7. The Kier molecular flexibility index (Phi) is 4.06. The van der Waals surface area contributed by atoms with Gasteiger partial charge in [-0.25, -0.2) is 0 Å². The Balaban J connectivity index is 2.68. The van der Waals surface area contributed by atoms with E-state index in [0.29, 0.717) is 5.82 Å². The second-order valence-corrected chi connectivity index (χ2v) is 4.22. The van der Waals surface area contributed by atoms with Crippen molar-refractivity contribution < 1.29 is 4.79 Å². The molecule has 1 aromatic heterocycles. The number of carbonyl (C=O) groups is 1. The SMILES string of the molecule is CC[C@H](C)[C@H](N)C(=O)Nc1n[nH]c(C)c1C. The van der Waals surface area contributed by atoms with Crippen molar-refractivity contribution >= 4 is 11.7 Å². The summed E-state index contributed by atoms with van der Waals surface area (Å²) >= 11 is 0. The predicted octanol–water partition coefficient (Wildman–Crippen LogP) is 1.34. The summed E-state index contributed by atoms with van der Waals surface area (Å²) in [5.41, 5.74) is 7.73. The van der Waals surface area contributed by atoms with E-state index in [9.17, 15) is 4.79 Å². The van der Waals surface area contributed by atoms with Crippen LogP contribution in [-0.4, -0.2) is 22.1 Å². The maximum atomic E-state index is 11.8. The Labute approximate surface area is 95.8 Å². The first-order chi connectivity index (χ1) is 7.47. The van der Waals surface area contributed by atoms with Crippen molar-refractivity contribution in [3.05, 3.63) is 11.3 Å². The maximum absolute atomic E-state index is 11.8. The van der Waals surface area contributed by atoms with Crippen LogP contribution in [0, 0.1) is 19.8 Å². The number of nitrogens with one attached hydrogen (secondary N) is 2. The van der Waals surface area contributed by atoms with Crippen molar-refractivity contribution in [3.63, 3.8) is 0 Å². The highest BCUT2D eigenvalue weighted by Crippen LogP contribution is 2.15. The standard InChI is InChI=1S/C11H20N4O/c1-5-6(2)9(12)11(16)13-10-7(3)8(4)14-15-10/h6,9H,5,12H2,1-4H3,(H2,13,14,15,16)/t6-,9-/m0/s1. The zero-order valence-electron chi connectivity index (χ0n) is 10.3. The molecule has 1 amide bonds. The van der Waals surface area contributed by atoms with Gasteiger partial charge >= 0.3 is 0 Å². The maximum Gasteiger partial charge on any atom is 0.242 e. The molecular formula is C11H20N4O. The zero-order valence-corrected chi connectivity index (χ0v) is 10.3. The lowest BCUT2D eigenvalue weighted by atomic mass is 9.99. The smallest absolute Gasteiger partial charge is 0.242 e. The minimum absolute atomic E-state index is 0.167. The van der Waals surface area contributed by atoms with Gasteiger partial charge in [-0.15, -0.1) is 0 Å². The fraction of sp³-hybridized carbons (Fsp3) is 0.636. The molecule has 4 N–H and O–H groups in total. The highest BCUT2D eigenvalue weighted by atomic mass is 16.2. The van der Waals surface area contributed by atoms with E-state index in [1.54, 1.807) is 0 Å². The van der Waals surface area contributed by atoms with Crippen LogP contribution in [0.2, 0.25) is 0 Å². The van der Waals surface area contributed by atoms with E-state index in [2.05, 4.69) is 15.5 Å². The van der Waals surface area contributed by atoms with Crippen molar-refractivity contribution in [2.75, 3.05) is 5.32 Å². The number of carbonyl (C=O) groups excluding carboxylic acids is 1. The van der Waals surface area contributed by atoms with Crippen molar-refractivity contribution in [3.8, 4) is 0 Å². The summed E-state index contributed by atoms with van der Waals surface area (Å²) in [5, 5.41) is 9.57. The Morgan fingerprint density at radius 2 is 2.19 bits per heavy atom. The first-order valence-corrected chi connectivity index (χ1v) is 5.55. The minimum Gasteiger partial charge on any atom is -0.320 e. The van der Waals surface area contributed by atoms with Gasteiger partial charge in [0, 0.05) is 11.3 Å². The molecule has 0 spiro atoms. The number of aromatic amines is 1. The van der Waals surface area contributed by atoms with Crippen LogP contribution in [0.1, 0.15) is 31.5 Å². The molecule has 0 aliphatic carbocycles. The van der Waals surface area contributed by atoms with Crippen LogP contribution < -0.4 is 11.1 Å². The van der Waals surface area contributed by atoms with Gasteiger partial charge in [-0.3, -0.25) is 9.89 Å². The fourth-order valence-electron chi connectivity index (χ4n) is 1.32. The number of nitrogens with zero attached hydrogens (tertiary/aromatic N) is 1. The largest absolute Gasteiger partial charge is 0.320 e. The summed E-state index contributed by atoms with van der Waals surface area (Å²) in [7, 11) is 0. The topological polar surface area (TPSA) is 83.8 Å². The number of anilines is 1. The number of aryl methyl sites for hydroxylation is 1. The van der Waals surface area contributed by atoms with Crippen molar-refractivity contribution in [1.29, 1.82) is 0 Å². The average molecular weight is 224 g/mol. The number of nitrogens with two attached hydrogens (primary N) is 1. The van der Waals surface area contributed by atoms with Gasteiger partial charge in [0.2, 0.25) is 5.91 Å². The van der Waals surface area contributed by atoms with Crippen LogP contribution in [0.3, 0.4) is 0 Å². The van der Waals surface area contributed by atoms with E-state index in [1.807, 2.05) is 27.7 Å². The van der Waals surface area contributed by atoms with Gasteiger partial charge in [0.25, 0.3) is 0 Å². The van der Waals surface area contributed by atoms with Gasteiger partial charge in [0.15, 0.2) is 5.82 Å². The highest BCUT2D eigenvalue weighted by Gasteiger charge is 2.20. The van der Waals surface area contributed by atoms with E-state index in [-0.39, 0.29) is 11.8 Å². The Morgan fingerprint density at radius 3 is 2.62 bits per heavy atom. The molecule has 0 aliphatic rings. The van der Waals surface area contributed by atoms with E-state index in [1.165, 1.54) is 0 Å².